The molecule has 28 heteroatoms. The predicted octanol–water partition coefficient (Wildman–Crippen LogP) is 12.0. The van der Waals surface area contributed by atoms with Gasteiger partial charge in [-0.1, -0.05) is 60.7 Å². The van der Waals surface area contributed by atoms with E-state index in [9.17, 15) is 52.7 Å². The highest BCUT2D eigenvalue weighted by atomic mass is 16.6. The van der Waals surface area contributed by atoms with Crippen LogP contribution in [-0.2, 0) is 114 Å². The molecule has 0 radical (unpaired) electrons. The van der Waals surface area contributed by atoms with Crippen LogP contribution in [0.1, 0.15) is 86.1 Å². The molecule has 6 N–H and O–H groups in total. The molecule has 6 aromatic carbocycles. The summed E-state index contributed by atoms with van der Waals surface area (Å²) in [6, 6.07) is 35.7. The second-order valence-electron chi connectivity index (χ2n) is 21.4. The van der Waals surface area contributed by atoms with Gasteiger partial charge in [0.05, 0.1) is 5.69 Å². The van der Waals surface area contributed by atoms with Crippen molar-refractivity contribution in [2.24, 2.45) is 0 Å². The number of rotatable bonds is 31. The molecule has 520 valence electrons. The van der Waals surface area contributed by atoms with E-state index in [1.807, 2.05) is 24.3 Å². The zero-order valence-corrected chi connectivity index (χ0v) is 55.2. The Kier molecular flexibility index (Phi) is 30.1. The molecule has 0 spiro atoms. The smallest absolute Gasteiger partial charge is 0.411 e. The first-order valence-corrected chi connectivity index (χ1v) is 30.3. The van der Waals surface area contributed by atoms with Gasteiger partial charge in [-0.2, -0.15) is 0 Å². The van der Waals surface area contributed by atoms with E-state index in [4.69, 9.17) is 52.1 Å². The van der Waals surface area contributed by atoms with E-state index in [1.165, 1.54) is 53.7 Å². The van der Waals surface area contributed by atoms with Crippen molar-refractivity contribution >= 4 is 119 Å². The van der Waals surface area contributed by atoms with Crippen molar-refractivity contribution in [3.63, 3.8) is 0 Å². The lowest BCUT2D eigenvalue weighted by molar-refractivity contribution is -0.143. The molecule has 0 fully saturated rings. The minimum atomic E-state index is -1.02. The molecule has 0 aliphatic carbocycles. The average molecular weight is 1360 g/mol. The Morgan fingerprint density at radius 1 is 0.283 bits per heavy atom. The molecule has 28 nitrogen and oxygen atoms in total. The minimum absolute atomic E-state index is 0.0223. The van der Waals surface area contributed by atoms with Crippen LogP contribution in [0.5, 0.6) is 0 Å². The molecule has 0 saturated carbocycles. The van der Waals surface area contributed by atoms with E-state index >= 15 is 0 Å². The van der Waals surface area contributed by atoms with Crippen molar-refractivity contribution in [3.8, 4) is 0 Å². The van der Waals surface area contributed by atoms with Crippen molar-refractivity contribution in [2.75, 3.05) is 78.6 Å². The average Bonchev–Trinajstić information content (AvgIpc) is 0.827. The Labute approximate surface area is 569 Å². The van der Waals surface area contributed by atoms with Crippen molar-refractivity contribution in [3.05, 3.63) is 195 Å². The molecule has 5 amide bonds. The van der Waals surface area contributed by atoms with E-state index in [0.29, 0.717) is 50.3 Å². The standard InChI is InChI=1S/C71H74N6O22/c1-44(78)89-36-56(37-90-45(2)79)28-50-8-20-62(21-9-50)73-68(85)97-35-55-31-59(42-98-69(86)75-63-22-10-51(11-23-63)29-57(38-91-46(3)80)39-92-47(4)81)66(77-71(88)96-34-54-16-26-65(27-17-54)74-67(84)95-33-53-14-18-61(72-7)19-15-53)60(32-55)43-99-70(87)76-64-24-12-52(13-25-64)30-58(40-93-48(5)82)41-94-49(6)83/h8-32,72H,33-43H2,1-7H3,(H,73,85)(H,74,84)(H,75,86)(H,76,87)(H,77,88). The fourth-order valence-electron chi connectivity index (χ4n) is 8.49. The molecule has 99 heavy (non-hydrogen) atoms. The van der Waals surface area contributed by atoms with Gasteiger partial charge < -0.3 is 57.4 Å². The van der Waals surface area contributed by atoms with E-state index in [0.717, 1.165) is 11.3 Å². The van der Waals surface area contributed by atoms with Crippen molar-refractivity contribution in [1.29, 1.82) is 0 Å². The highest BCUT2D eigenvalue weighted by Gasteiger charge is 2.21. The topological polar surface area (TPSA) is 361 Å². The van der Waals surface area contributed by atoms with Crippen LogP contribution in [0.25, 0.3) is 18.2 Å². The molecule has 6 rings (SSSR count). The second kappa shape index (κ2) is 39.4. The molecule has 0 aliphatic heterocycles. The largest absolute Gasteiger partial charge is 0.461 e. The summed E-state index contributed by atoms with van der Waals surface area (Å²) in [4.78, 5) is 136. The van der Waals surface area contributed by atoms with Gasteiger partial charge >= 0.3 is 66.3 Å². The summed E-state index contributed by atoms with van der Waals surface area (Å²) < 4.78 is 58.7. The van der Waals surface area contributed by atoms with Crippen molar-refractivity contribution in [2.45, 2.75) is 74.6 Å². The van der Waals surface area contributed by atoms with Crippen LogP contribution >= 0.6 is 0 Å². The molecular weight excluding hydrogens is 1290 g/mol. The third-order valence-electron chi connectivity index (χ3n) is 13.2. The summed E-state index contributed by atoms with van der Waals surface area (Å²) in [5.74, 6) is -3.24. The SMILES string of the molecule is CNc1ccc(COC(=O)Nc2ccc(COC(=O)Nc3c(COC(=O)Nc4ccc(C=C(COC(C)=O)COC(C)=O)cc4)cc(COC(=O)Nc4ccc(C=C(COC(C)=O)COC(C)=O)cc4)cc3COC(=O)Nc3ccc(C=C(COC(C)=O)COC(C)=O)cc3)cc2)cc1. The lowest BCUT2D eigenvalue weighted by Gasteiger charge is -2.19. The van der Waals surface area contributed by atoms with Crippen molar-refractivity contribution in [1.82, 2.24) is 0 Å². The maximum Gasteiger partial charge on any atom is 0.411 e. The number of anilines is 6. The number of benzene rings is 6. The minimum Gasteiger partial charge on any atom is -0.461 e. The van der Waals surface area contributed by atoms with Crippen molar-refractivity contribution < 1.29 is 105 Å². The van der Waals surface area contributed by atoms with E-state index in [-0.39, 0.29) is 86.6 Å². The number of hydrogen-bond acceptors (Lipinski definition) is 23. The molecule has 0 heterocycles. The fourth-order valence-corrected chi connectivity index (χ4v) is 8.49. The van der Waals surface area contributed by atoms with Gasteiger partial charge in [0, 0.05) is 105 Å². The monoisotopic (exact) mass is 1360 g/mol. The van der Waals surface area contributed by atoms with Crippen LogP contribution in [0.4, 0.5) is 58.1 Å². The first-order chi connectivity index (χ1) is 47.4. The van der Waals surface area contributed by atoms with Gasteiger partial charge in [0.25, 0.3) is 0 Å². The van der Waals surface area contributed by atoms with Gasteiger partial charge in [-0.3, -0.25) is 55.4 Å². The molecule has 0 atom stereocenters. The number of nitrogens with one attached hydrogen (secondary N) is 6. The van der Waals surface area contributed by atoms with Gasteiger partial charge in [0.15, 0.2) is 0 Å². The lowest BCUT2D eigenvalue weighted by Crippen LogP contribution is -2.20. The number of carbonyl (C=O) groups is 11. The number of hydrogen-bond donors (Lipinski definition) is 6. The van der Waals surface area contributed by atoms with Crippen LogP contribution < -0.4 is 31.9 Å². The van der Waals surface area contributed by atoms with E-state index in [2.05, 4.69) is 31.9 Å². The van der Waals surface area contributed by atoms with Crippen LogP contribution in [0.2, 0.25) is 0 Å². The van der Waals surface area contributed by atoms with Gasteiger partial charge in [-0.05, 0) is 124 Å². The van der Waals surface area contributed by atoms with E-state index in [1.54, 1.807) is 122 Å². The van der Waals surface area contributed by atoms with Crippen LogP contribution in [0, 0.1) is 0 Å². The highest BCUT2D eigenvalue weighted by molar-refractivity contribution is 5.90. The number of ether oxygens (including phenoxy) is 11. The van der Waals surface area contributed by atoms with Crippen LogP contribution in [0.3, 0.4) is 0 Å². The van der Waals surface area contributed by atoms with E-state index < -0.39 is 86.1 Å². The summed E-state index contributed by atoms with van der Waals surface area (Å²) in [5, 5.41) is 16.2. The zero-order chi connectivity index (χ0) is 71.6. The highest BCUT2D eigenvalue weighted by Crippen LogP contribution is 2.29. The normalized spacial score (nSPS) is 10.3. The summed E-state index contributed by atoms with van der Waals surface area (Å²) >= 11 is 0. The maximum atomic E-state index is 13.9. The lowest BCUT2D eigenvalue weighted by atomic mass is 10.0. The predicted molar refractivity (Wildman–Crippen MR) is 361 cm³/mol. The third kappa shape index (κ3) is 29.4. The van der Waals surface area contributed by atoms with Gasteiger partial charge in [-0.25, -0.2) is 24.0 Å². The fraction of sp³-hybridized carbons (Fsp3) is 0.254. The Morgan fingerprint density at radius 2 is 0.515 bits per heavy atom. The quantitative estimate of drug-likeness (QED) is 0.0174. The maximum absolute atomic E-state index is 13.9. The van der Waals surface area contributed by atoms with Gasteiger partial charge in [0.1, 0.15) is 72.7 Å². The number of esters is 6. The molecule has 0 bridgehead atoms. The molecule has 6 aromatic rings. The Hall–Kier alpha value is -12.5. The molecule has 0 unspecified atom stereocenters. The summed E-state index contributed by atoms with van der Waals surface area (Å²) in [7, 11) is 1.79. The molecule has 0 aliphatic rings. The molecular formula is C71H74N6O22. The van der Waals surface area contributed by atoms with Crippen LogP contribution in [-0.4, -0.2) is 113 Å². The molecule has 0 saturated heterocycles. The first-order valence-electron chi connectivity index (χ1n) is 30.3. The summed E-state index contributed by atoms with van der Waals surface area (Å²) in [6.07, 6.45) is 0.336. The first kappa shape index (κ1) is 75.5. The number of amides is 5. The Balaban J connectivity index is 1.26. The van der Waals surface area contributed by atoms with Gasteiger partial charge in [0.2, 0.25) is 0 Å². The Bertz CT molecular complexity index is 3730. The Morgan fingerprint density at radius 3 is 0.778 bits per heavy atom. The number of carbonyl (C=O) groups excluding carboxylic acids is 11. The second-order valence-corrected chi connectivity index (χ2v) is 21.4. The summed E-state index contributed by atoms with van der Waals surface area (Å²) in [6.45, 7) is 4.68. The van der Waals surface area contributed by atoms with Crippen LogP contribution in [0.15, 0.2) is 150 Å². The summed E-state index contributed by atoms with van der Waals surface area (Å²) in [5.41, 5.74) is 6.96. The zero-order valence-electron chi connectivity index (χ0n) is 55.2. The van der Waals surface area contributed by atoms with Gasteiger partial charge in [-0.15, -0.1) is 0 Å². The molecule has 0 aromatic heterocycles. The third-order valence-corrected chi connectivity index (χ3v) is 13.2.